The largest absolute Gasteiger partial charge is 0.419 e. The third-order valence-corrected chi connectivity index (χ3v) is 4.09. The first kappa shape index (κ1) is 18.1. The molecule has 4 nitrogen and oxygen atoms in total. The van der Waals surface area contributed by atoms with Gasteiger partial charge in [0.25, 0.3) is 0 Å². The van der Waals surface area contributed by atoms with E-state index in [2.05, 4.69) is 4.98 Å². The highest BCUT2D eigenvalue weighted by Crippen LogP contribution is 2.35. The van der Waals surface area contributed by atoms with Crippen LogP contribution in [0.25, 0.3) is 0 Å². The summed E-state index contributed by atoms with van der Waals surface area (Å²) in [5.41, 5.74) is -0.771. The van der Waals surface area contributed by atoms with Crippen molar-refractivity contribution in [3.05, 3.63) is 59.3 Å². The van der Waals surface area contributed by atoms with E-state index in [1.54, 1.807) is 0 Å². The number of carbonyl (C=O) groups is 1. The number of pyridine rings is 1. The van der Waals surface area contributed by atoms with Gasteiger partial charge in [0.15, 0.2) is 0 Å². The standard InChI is InChI=1S/C17H14F5N3O/c18-12-4-3-11(14(19)8-12)9-24-6-7-25(10-15(24)26)16-13(17(20,21)22)2-1-5-23-16/h1-5,8H,6-7,9-10H2. The van der Waals surface area contributed by atoms with Crippen molar-refractivity contribution in [2.45, 2.75) is 12.7 Å². The second-order valence-electron chi connectivity index (χ2n) is 5.84. The summed E-state index contributed by atoms with van der Waals surface area (Å²) >= 11 is 0. The molecule has 2 heterocycles. The van der Waals surface area contributed by atoms with E-state index in [1.165, 1.54) is 28.1 Å². The first-order valence-electron chi connectivity index (χ1n) is 7.74. The number of carbonyl (C=O) groups excluding carboxylic acids is 1. The van der Waals surface area contributed by atoms with Crippen molar-refractivity contribution in [1.29, 1.82) is 0 Å². The molecule has 138 valence electrons. The maximum atomic E-state index is 13.7. The van der Waals surface area contributed by atoms with Crippen molar-refractivity contribution in [3.8, 4) is 0 Å². The Morgan fingerprint density at radius 2 is 1.88 bits per heavy atom. The topological polar surface area (TPSA) is 36.4 Å². The van der Waals surface area contributed by atoms with Gasteiger partial charge < -0.3 is 9.80 Å². The van der Waals surface area contributed by atoms with Crippen LogP contribution < -0.4 is 4.90 Å². The summed E-state index contributed by atoms with van der Waals surface area (Å²) in [4.78, 5) is 18.6. The molecule has 2 aromatic rings. The summed E-state index contributed by atoms with van der Waals surface area (Å²) in [7, 11) is 0. The van der Waals surface area contributed by atoms with Gasteiger partial charge in [-0.1, -0.05) is 6.07 Å². The van der Waals surface area contributed by atoms with E-state index < -0.39 is 29.3 Å². The summed E-state index contributed by atoms with van der Waals surface area (Å²) in [6, 6.07) is 5.14. The molecular formula is C17H14F5N3O. The van der Waals surface area contributed by atoms with Crippen LogP contribution in [-0.2, 0) is 17.5 Å². The molecule has 1 aliphatic rings. The summed E-state index contributed by atoms with van der Waals surface area (Å²) in [5, 5.41) is 0. The highest BCUT2D eigenvalue weighted by atomic mass is 19.4. The normalized spacial score (nSPS) is 15.5. The van der Waals surface area contributed by atoms with E-state index in [-0.39, 0.29) is 37.6 Å². The zero-order valence-electron chi connectivity index (χ0n) is 13.4. The quantitative estimate of drug-likeness (QED) is 0.778. The molecule has 1 aliphatic heterocycles. The molecule has 1 fully saturated rings. The van der Waals surface area contributed by atoms with Gasteiger partial charge in [-0.3, -0.25) is 4.79 Å². The Bertz CT molecular complexity index is 824. The monoisotopic (exact) mass is 371 g/mol. The zero-order chi connectivity index (χ0) is 18.9. The van der Waals surface area contributed by atoms with Gasteiger partial charge in [-0.2, -0.15) is 13.2 Å². The molecule has 1 aromatic heterocycles. The lowest BCUT2D eigenvalue weighted by Crippen LogP contribution is -2.50. The predicted molar refractivity (Wildman–Crippen MR) is 83.2 cm³/mol. The van der Waals surface area contributed by atoms with E-state index in [0.29, 0.717) is 0 Å². The van der Waals surface area contributed by atoms with E-state index >= 15 is 0 Å². The second kappa shape index (κ2) is 6.89. The molecular weight excluding hydrogens is 357 g/mol. The number of halogens is 5. The molecule has 0 bridgehead atoms. The minimum Gasteiger partial charge on any atom is -0.345 e. The van der Waals surface area contributed by atoms with E-state index in [0.717, 1.165) is 18.2 Å². The van der Waals surface area contributed by atoms with Crippen LogP contribution in [0.1, 0.15) is 11.1 Å². The molecule has 0 atom stereocenters. The smallest absolute Gasteiger partial charge is 0.345 e. The Hall–Kier alpha value is -2.71. The molecule has 0 N–H and O–H groups in total. The van der Waals surface area contributed by atoms with Crippen molar-refractivity contribution >= 4 is 11.7 Å². The minimum atomic E-state index is -4.58. The van der Waals surface area contributed by atoms with Crippen LogP contribution in [-0.4, -0.2) is 35.4 Å². The fraction of sp³-hybridized carbons (Fsp3) is 0.294. The number of alkyl halides is 3. The average molecular weight is 371 g/mol. The van der Waals surface area contributed by atoms with Gasteiger partial charge in [-0.15, -0.1) is 0 Å². The van der Waals surface area contributed by atoms with Crippen molar-refractivity contribution in [2.75, 3.05) is 24.5 Å². The fourth-order valence-corrected chi connectivity index (χ4v) is 2.78. The molecule has 0 aliphatic carbocycles. The summed E-state index contributed by atoms with van der Waals surface area (Å²) < 4.78 is 66.0. The SMILES string of the molecule is O=C1CN(c2ncccc2C(F)(F)F)CCN1Cc1ccc(F)cc1F. The summed E-state index contributed by atoms with van der Waals surface area (Å²) in [5.74, 6) is -2.26. The van der Waals surface area contributed by atoms with Gasteiger partial charge >= 0.3 is 6.18 Å². The van der Waals surface area contributed by atoms with Gasteiger partial charge in [-0.25, -0.2) is 13.8 Å². The minimum absolute atomic E-state index is 0.0763. The third kappa shape index (κ3) is 3.76. The van der Waals surface area contributed by atoms with Crippen molar-refractivity contribution in [2.24, 2.45) is 0 Å². The number of aromatic nitrogens is 1. The highest BCUT2D eigenvalue weighted by Gasteiger charge is 2.37. The number of piperazine rings is 1. The molecule has 0 radical (unpaired) electrons. The van der Waals surface area contributed by atoms with Gasteiger partial charge in [-0.05, 0) is 18.2 Å². The predicted octanol–water partition coefficient (Wildman–Crippen LogP) is 3.23. The first-order chi connectivity index (χ1) is 12.3. The highest BCUT2D eigenvalue weighted by molar-refractivity contribution is 5.82. The first-order valence-corrected chi connectivity index (χ1v) is 7.74. The summed E-state index contributed by atoms with van der Waals surface area (Å²) in [6.45, 7) is -0.159. The average Bonchev–Trinajstić information content (AvgIpc) is 2.58. The summed E-state index contributed by atoms with van der Waals surface area (Å²) in [6.07, 6.45) is -3.35. The van der Waals surface area contributed by atoms with Crippen LogP contribution in [0.4, 0.5) is 27.8 Å². The van der Waals surface area contributed by atoms with Gasteiger partial charge in [0.1, 0.15) is 17.5 Å². The molecule has 1 saturated heterocycles. The van der Waals surface area contributed by atoms with Crippen LogP contribution in [0, 0.1) is 11.6 Å². The maximum absolute atomic E-state index is 13.7. The number of anilines is 1. The molecule has 0 spiro atoms. The van der Waals surface area contributed by atoms with Crippen LogP contribution in [0.5, 0.6) is 0 Å². The number of rotatable bonds is 3. The number of amides is 1. The van der Waals surface area contributed by atoms with E-state index in [1.807, 2.05) is 0 Å². The van der Waals surface area contributed by atoms with Gasteiger partial charge in [0.05, 0.1) is 12.1 Å². The van der Waals surface area contributed by atoms with E-state index in [9.17, 15) is 26.7 Å². The molecule has 9 heteroatoms. The lowest BCUT2D eigenvalue weighted by atomic mass is 10.1. The second-order valence-corrected chi connectivity index (χ2v) is 5.84. The van der Waals surface area contributed by atoms with Gasteiger partial charge in [0, 0.05) is 37.5 Å². The van der Waals surface area contributed by atoms with Crippen molar-refractivity contribution < 1.29 is 26.7 Å². The Morgan fingerprint density at radius 3 is 2.54 bits per heavy atom. The third-order valence-electron chi connectivity index (χ3n) is 4.09. The number of hydrogen-bond donors (Lipinski definition) is 0. The fourth-order valence-electron chi connectivity index (χ4n) is 2.78. The van der Waals surface area contributed by atoms with Crippen LogP contribution in [0.15, 0.2) is 36.5 Å². The van der Waals surface area contributed by atoms with Crippen LogP contribution in [0.2, 0.25) is 0 Å². The molecule has 1 aromatic carbocycles. The van der Waals surface area contributed by atoms with Crippen molar-refractivity contribution in [1.82, 2.24) is 9.88 Å². The van der Waals surface area contributed by atoms with E-state index in [4.69, 9.17) is 0 Å². The Kier molecular flexibility index (Phi) is 4.80. The zero-order valence-corrected chi connectivity index (χ0v) is 13.4. The number of hydrogen-bond acceptors (Lipinski definition) is 3. The molecule has 0 saturated carbocycles. The van der Waals surface area contributed by atoms with Crippen LogP contribution in [0.3, 0.4) is 0 Å². The number of nitrogens with zero attached hydrogens (tertiary/aromatic N) is 3. The maximum Gasteiger partial charge on any atom is 0.419 e. The Labute approximate surface area is 145 Å². The van der Waals surface area contributed by atoms with Crippen molar-refractivity contribution in [3.63, 3.8) is 0 Å². The van der Waals surface area contributed by atoms with Gasteiger partial charge in [0.2, 0.25) is 5.91 Å². The Morgan fingerprint density at radius 1 is 1.12 bits per heavy atom. The molecule has 3 rings (SSSR count). The lowest BCUT2D eigenvalue weighted by molar-refractivity contribution is -0.138. The molecule has 0 unspecified atom stereocenters. The molecule has 1 amide bonds. The Balaban J connectivity index is 1.74. The lowest BCUT2D eigenvalue weighted by Gasteiger charge is -2.36. The molecule has 26 heavy (non-hydrogen) atoms. The number of benzene rings is 1. The van der Waals surface area contributed by atoms with Crippen LogP contribution >= 0.6 is 0 Å².